The van der Waals surface area contributed by atoms with Gasteiger partial charge in [-0.1, -0.05) is 27.7 Å². The summed E-state index contributed by atoms with van der Waals surface area (Å²) in [5.41, 5.74) is 0.894. The second-order valence-corrected chi connectivity index (χ2v) is 5.01. The molecule has 0 radical (unpaired) electrons. The fourth-order valence-electron chi connectivity index (χ4n) is 1.48. The number of hydrogen-bond acceptors (Lipinski definition) is 3. The third-order valence-corrected chi connectivity index (χ3v) is 2.33. The van der Waals surface area contributed by atoms with Crippen molar-refractivity contribution in [2.75, 3.05) is 6.61 Å². The molecule has 4 heteroatoms. The fraction of sp³-hybridized carbons (Fsp3) is 0.727. The summed E-state index contributed by atoms with van der Waals surface area (Å²) >= 11 is 0. The number of rotatable bonds is 5. The quantitative estimate of drug-likeness (QED) is 0.754. The van der Waals surface area contributed by atoms with Crippen LogP contribution in [0.2, 0.25) is 0 Å². The highest BCUT2D eigenvalue weighted by Gasteiger charge is 2.23. The molecular formula is C11H21N3O. The van der Waals surface area contributed by atoms with Crippen molar-refractivity contribution < 1.29 is 4.84 Å². The van der Waals surface area contributed by atoms with E-state index < -0.39 is 0 Å². The van der Waals surface area contributed by atoms with Gasteiger partial charge in [-0.3, -0.25) is 4.68 Å². The lowest BCUT2D eigenvalue weighted by Crippen LogP contribution is -2.27. The largest absolute Gasteiger partial charge is 0.304 e. The maximum absolute atomic E-state index is 5.10. The molecule has 0 amide bonds. The van der Waals surface area contributed by atoms with Gasteiger partial charge in [0, 0.05) is 18.2 Å². The van der Waals surface area contributed by atoms with Crippen LogP contribution in [0, 0.1) is 5.92 Å². The molecule has 1 rings (SSSR count). The predicted molar refractivity (Wildman–Crippen MR) is 60.2 cm³/mol. The summed E-state index contributed by atoms with van der Waals surface area (Å²) in [6, 6.07) is 2.03. The van der Waals surface area contributed by atoms with Crippen LogP contribution < -0.4 is 5.90 Å². The van der Waals surface area contributed by atoms with Crippen molar-refractivity contribution in [2.24, 2.45) is 11.8 Å². The summed E-state index contributed by atoms with van der Waals surface area (Å²) in [6.45, 7) is 9.92. The molecule has 1 aromatic heterocycles. The van der Waals surface area contributed by atoms with E-state index in [1.807, 2.05) is 16.9 Å². The van der Waals surface area contributed by atoms with E-state index in [1.165, 1.54) is 0 Å². The van der Waals surface area contributed by atoms with Crippen molar-refractivity contribution in [3.63, 3.8) is 0 Å². The topological polar surface area (TPSA) is 53.1 Å². The Morgan fingerprint density at radius 1 is 1.53 bits per heavy atom. The van der Waals surface area contributed by atoms with Crippen LogP contribution in [0.4, 0.5) is 0 Å². The summed E-state index contributed by atoms with van der Waals surface area (Å²) in [5.74, 6) is 5.71. The zero-order valence-electron chi connectivity index (χ0n) is 10.0. The highest BCUT2D eigenvalue weighted by molar-refractivity contribution is 5.12. The van der Waals surface area contributed by atoms with E-state index in [2.05, 4.69) is 32.8 Å². The lowest BCUT2D eigenvalue weighted by molar-refractivity contribution is 0.0946. The monoisotopic (exact) mass is 211 g/mol. The van der Waals surface area contributed by atoms with E-state index in [1.54, 1.807) is 0 Å². The van der Waals surface area contributed by atoms with Crippen LogP contribution >= 0.6 is 0 Å². The average Bonchev–Trinajstić information content (AvgIpc) is 2.51. The summed E-state index contributed by atoms with van der Waals surface area (Å²) in [6.07, 6.45) is 2.01. The van der Waals surface area contributed by atoms with Crippen LogP contribution in [0.25, 0.3) is 0 Å². The van der Waals surface area contributed by atoms with Crippen LogP contribution in [-0.2, 0) is 16.8 Å². The smallest absolute Gasteiger partial charge is 0.0786 e. The van der Waals surface area contributed by atoms with Crippen molar-refractivity contribution in [3.05, 3.63) is 18.0 Å². The molecule has 0 aliphatic carbocycles. The lowest BCUT2D eigenvalue weighted by Gasteiger charge is -2.20. The Kier molecular flexibility index (Phi) is 3.88. The zero-order valence-corrected chi connectivity index (χ0v) is 10.0. The summed E-state index contributed by atoms with van der Waals surface area (Å²) < 4.78 is 1.97. The molecular weight excluding hydrogens is 190 g/mol. The molecule has 0 saturated heterocycles. The van der Waals surface area contributed by atoms with Gasteiger partial charge in [-0.25, -0.2) is 5.90 Å². The number of nitrogens with two attached hydrogens (primary N) is 1. The standard InChI is InChI=1S/C11H21N3O/c1-9(2)7-14-6-5-10(13-14)11(3,4)8-15-12/h5-6,9H,7-8,12H2,1-4H3. The Balaban J connectivity index is 2.74. The molecule has 0 unspecified atom stereocenters. The minimum Gasteiger partial charge on any atom is -0.304 e. The van der Waals surface area contributed by atoms with E-state index in [-0.39, 0.29) is 5.41 Å². The molecule has 0 saturated carbocycles. The van der Waals surface area contributed by atoms with Crippen LogP contribution in [-0.4, -0.2) is 16.4 Å². The van der Waals surface area contributed by atoms with Gasteiger partial charge in [-0.2, -0.15) is 5.10 Å². The molecule has 0 aromatic carbocycles. The van der Waals surface area contributed by atoms with E-state index in [4.69, 9.17) is 10.7 Å². The first-order chi connectivity index (χ1) is 6.95. The SMILES string of the molecule is CC(C)Cn1ccc(C(C)(C)CON)n1. The van der Waals surface area contributed by atoms with Crippen molar-refractivity contribution in [3.8, 4) is 0 Å². The molecule has 2 N–H and O–H groups in total. The first-order valence-electron chi connectivity index (χ1n) is 5.31. The molecule has 15 heavy (non-hydrogen) atoms. The first-order valence-corrected chi connectivity index (χ1v) is 5.31. The minimum atomic E-state index is -0.128. The van der Waals surface area contributed by atoms with Crippen molar-refractivity contribution >= 4 is 0 Å². The Hall–Kier alpha value is -0.870. The molecule has 0 spiro atoms. The Bertz CT molecular complexity index is 305. The zero-order chi connectivity index (χ0) is 11.5. The summed E-state index contributed by atoms with van der Waals surface area (Å²) in [4.78, 5) is 4.70. The van der Waals surface area contributed by atoms with Gasteiger partial charge in [-0.15, -0.1) is 0 Å². The lowest BCUT2D eigenvalue weighted by atomic mass is 9.91. The van der Waals surface area contributed by atoms with Crippen LogP contribution in [0.15, 0.2) is 12.3 Å². The first kappa shape index (κ1) is 12.2. The summed E-state index contributed by atoms with van der Waals surface area (Å²) in [7, 11) is 0. The molecule has 1 heterocycles. The number of hydrogen-bond donors (Lipinski definition) is 1. The maximum atomic E-state index is 5.10. The van der Waals surface area contributed by atoms with Crippen molar-refractivity contribution in [2.45, 2.75) is 39.7 Å². The Morgan fingerprint density at radius 3 is 2.73 bits per heavy atom. The molecule has 4 nitrogen and oxygen atoms in total. The van der Waals surface area contributed by atoms with Gasteiger partial charge < -0.3 is 4.84 Å². The van der Waals surface area contributed by atoms with Gasteiger partial charge >= 0.3 is 0 Å². The van der Waals surface area contributed by atoms with E-state index in [0.717, 1.165) is 12.2 Å². The third-order valence-electron chi connectivity index (χ3n) is 2.33. The average molecular weight is 211 g/mol. The number of aromatic nitrogens is 2. The molecule has 0 atom stereocenters. The maximum Gasteiger partial charge on any atom is 0.0786 e. The molecule has 1 aromatic rings. The van der Waals surface area contributed by atoms with Gasteiger partial charge in [0.15, 0.2) is 0 Å². The van der Waals surface area contributed by atoms with Gasteiger partial charge in [0.25, 0.3) is 0 Å². The molecule has 0 aliphatic heterocycles. The van der Waals surface area contributed by atoms with Crippen molar-refractivity contribution in [1.82, 2.24) is 9.78 Å². The highest BCUT2D eigenvalue weighted by Crippen LogP contribution is 2.21. The third kappa shape index (κ3) is 3.32. The van der Waals surface area contributed by atoms with E-state index in [0.29, 0.717) is 12.5 Å². The van der Waals surface area contributed by atoms with E-state index in [9.17, 15) is 0 Å². The minimum absolute atomic E-state index is 0.128. The normalized spacial score (nSPS) is 12.4. The van der Waals surface area contributed by atoms with Gasteiger partial charge in [0.1, 0.15) is 0 Å². The molecule has 0 bridgehead atoms. The van der Waals surface area contributed by atoms with Gasteiger partial charge in [-0.05, 0) is 12.0 Å². The van der Waals surface area contributed by atoms with Gasteiger partial charge in [0.2, 0.25) is 0 Å². The summed E-state index contributed by atoms with van der Waals surface area (Å²) in [5, 5.41) is 4.52. The Morgan fingerprint density at radius 2 is 2.20 bits per heavy atom. The number of nitrogens with zero attached hydrogens (tertiary/aromatic N) is 2. The van der Waals surface area contributed by atoms with Gasteiger partial charge in [0.05, 0.1) is 12.3 Å². The van der Waals surface area contributed by atoms with Crippen molar-refractivity contribution in [1.29, 1.82) is 0 Å². The second-order valence-electron chi connectivity index (χ2n) is 5.01. The van der Waals surface area contributed by atoms with E-state index >= 15 is 0 Å². The van der Waals surface area contributed by atoms with Crippen LogP contribution in [0.3, 0.4) is 0 Å². The second kappa shape index (κ2) is 4.77. The molecule has 86 valence electrons. The highest BCUT2D eigenvalue weighted by atomic mass is 16.6. The fourth-order valence-corrected chi connectivity index (χ4v) is 1.48. The predicted octanol–water partition coefficient (Wildman–Crippen LogP) is 1.71. The molecule has 0 fully saturated rings. The molecule has 0 aliphatic rings. The van der Waals surface area contributed by atoms with Crippen LogP contribution in [0.1, 0.15) is 33.4 Å². The van der Waals surface area contributed by atoms with Crippen LogP contribution in [0.5, 0.6) is 0 Å². The Labute approximate surface area is 91.4 Å².